The Morgan fingerprint density at radius 2 is 1.77 bits per heavy atom. The summed E-state index contributed by atoms with van der Waals surface area (Å²) in [7, 11) is 0. The summed E-state index contributed by atoms with van der Waals surface area (Å²) >= 11 is 11.9. The van der Waals surface area contributed by atoms with Crippen LogP contribution in [0.4, 0.5) is 0 Å². The van der Waals surface area contributed by atoms with Gasteiger partial charge in [0.1, 0.15) is 30.1 Å². The van der Waals surface area contributed by atoms with Crippen LogP contribution in [0.3, 0.4) is 0 Å². The lowest BCUT2D eigenvalue weighted by Gasteiger charge is -2.10. The molecular weight excluding hydrogens is 319 g/mol. The van der Waals surface area contributed by atoms with Gasteiger partial charge in [-0.25, -0.2) is 0 Å². The van der Waals surface area contributed by atoms with Gasteiger partial charge in [-0.1, -0.05) is 35.3 Å². The Hall–Kier alpha value is -2.46. The van der Waals surface area contributed by atoms with Gasteiger partial charge in [-0.3, -0.25) is 0 Å². The second-order valence-corrected chi connectivity index (χ2v) is 5.26. The highest BCUT2D eigenvalue weighted by atomic mass is 35.5. The van der Waals surface area contributed by atoms with E-state index in [9.17, 15) is 0 Å². The van der Waals surface area contributed by atoms with E-state index in [0.717, 1.165) is 5.56 Å². The second-order valence-electron chi connectivity index (χ2n) is 4.38. The molecule has 22 heavy (non-hydrogen) atoms. The summed E-state index contributed by atoms with van der Waals surface area (Å²) in [5.41, 5.74) is 1.47. The normalized spacial score (nSPS) is 9.45. The van der Waals surface area contributed by atoms with Gasteiger partial charge < -0.3 is 4.74 Å². The molecule has 0 bridgehead atoms. The smallest absolute Gasteiger partial charge is 0.130 e. The van der Waals surface area contributed by atoms with Gasteiger partial charge in [0.2, 0.25) is 0 Å². The number of nitriles is 2. The molecule has 0 radical (unpaired) electrons. The summed E-state index contributed by atoms with van der Waals surface area (Å²) in [6.07, 6.45) is 1.44. The Kier molecular flexibility index (Phi) is 5.44. The van der Waals surface area contributed by atoms with Crippen LogP contribution in [0.5, 0.6) is 5.75 Å². The third-order valence-corrected chi connectivity index (χ3v) is 3.27. The molecular formula is C17H10Cl2N2O. The molecule has 2 rings (SSSR count). The first-order chi connectivity index (χ1) is 10.6. The number of benzene rings is 2. The number of rotatable bonds is 4. The highest BCUT2D eigenvalue weighted by Gasteiger charge is 2.05. The fourth-order valence-electron chi connectivity index (χ4n) is 1.80. The summed E-state index contributed by atoms with van der Waals surface area (Å²) in [6.45, 7) is 0.317. The lowest BCUT2D eigenvalue weighted by Crippen LogP contribution is -1.97. The van der Waals surface area contributed by atoms with Crippen LogP contribution < -0.4 is 4.74 Å². The van der Waals surface area contributed by atoms with Crippen LogP contribution in [0.2, 0.25) is 10.0 Å². The average Bonchev–Trinajstić information content (AvgIpc) is 2.51. The van der Waals surface area contributed by atoms with Crippen LogP contribution >= 0.6 is 23.2 Å². The van der Waals surface area contributed by atoms with Crippen LogP contribution in [-0.4, -0.2) is 0 Å². The second kappa shape index (κ2) is 7.52. The maximum absolute atomic E-state index is 8.86. The summed E-state index contributed by atoms with van der Waals surface area (Å²) in [5.74, 6) is 0.535. The molecule has 0 aliphatic rings. The minimum absolute atomic E-state index is 0.0186. The molecule has 0 saturated heterocycles. The molecule has 3 nitrogen and oxygen atoms in total. The van der Waals surface area contributed by atoms with Crippen LogP contribution in [-0.2, 0) is 6.61 Å². The number of nitrogens with zero attached hydrogens (tertiary/aromatic N) is 2. The number of allylic oxidation sites excluding steroid dienone is 1. The first-order valence-electron chi connectivity index (χ1n) is 6.31. The van der Waals surface area contributed by atoms with Gasteiger partial charge in [0.25, 0.3) is 0 Å². The first kappa shape index (κ1) is 15.9. The van der Waals surface area contributed by atoms with Gasteiger partial charge in [-0.05, 0) is 42.0 Å². The van der Waals surface area contributed by atoms with Crippen molar-refractivity contribution in [3.05, 3.63) is 69.2 Å². The predicted molar refractivity (Wildman–Crippen MR) is 86.4 cm³/mol. The molecule has 0 aromatic heterocycles. The monoisotopic (exact) mass is 328 g/mol. The van der Waals surface area contributed by atoms with E-state index in [4.69, 9.17) is 38.5 Å². The number of hydrogen-bond donors (Lipinski definition) is 0. The third kappa shape index (κ3) is 4.27. The van der Waals surface area contributed by atoms with Crippen molar-refractivity contribution in [2.75, 3.05) is 0 Å². The Bertz CT molecular complexity index is 785. The largest absolute Gasteiger partial charge is 0.488 e. The standard InChI is InChI=1S/C17H10Cl2N2O/c18-15-3-1-2-12(7-15)11-22-17-5-4-16(19)8-14(17)6-13(9-20)10-21/h1-8H,11H2. The molecule has 0 aliphatic heterocycles. The van der Waals surface area contributed by atoms with E-state index in [1.54, 1.807) is 24.3 Å². The van der Waals surface area contributed by atoms with Crippen molar-refractivity contribution in [1.29, 1.82) is 10.5 Å². The zero-order chi connectivity index (χ0) is 15.9. The number of hydrogen-bond acceptors (Lipinski definition) is 3. The van der Waals surface area contributed by atoms with Crippen molar-refractivity contribution in [2.24, 2.45) is 0 Å². The van der Waals surface area contributed by atoms with Crippen LogP contribution in [0.1, 0.15) is 11.1 Å². The minimum Gasteiger partial charge on any atom is -0.488 e. The maximum atomic E-state index is 8.86. The maximum Gasteiger partial charge on any atom is 0.130 e. The minimum atomic E-state index is -0.0186. The van der Waals surface area contributed by atoms with Crippen LogP contribution in [0.25, 0.3) is 6.08 Å². The van der Waals surface area contributed by atoms with Crippen molar-refractivity contribution in [1.82, 2.24) is 0 Å². The first-order valence-corrected chi connectivity index (χ1v) is 7.06. The molecule has 0 spiro atoms. The Balaban J connectivity index is 2.26. The molecule has 108 valence electrons. The average molecular weight is 329 g/mol. The number of ether oxygens (including phenoxy) is 1. The molecule has 0 N–H and O–H groups in total. The summed E-state index contributed by atoms with van der Waals surface area (Å²) in [5, 5.41) is 18.8. The van der Waals surface area contributed by atoms with E-state index in [0.29, 0.717) is 28.0 Å². The van der Waals surface area contributed by atoms with Gasteiger partial charge in [0.15, 0.2) is 0 Å². The zero-order valence-electron chi connectivity index (χ0n) is 11.4. The molecule has 2 aromatic rings. The quantitative estimate of drug-likeness (QED) is 0.742. The molecule has 0 saturated carbocycles. The summed E-state index contributed by atoms with van der Waals surface area (Å²) < 4.78 is 5.74. The topological polar surface area (TPSA) is 56.8 Å². The van der Waals surface area contributed by atoms with Gasteiger partial charge in [-0.15, -0.1) is 0 Å². The molecule has 0 atom stereocenters. The van der Waals surface area contributed by atoms with Gasteiger partial charge in [-0.2, -0.15) is 10.5 Å². The lowest BCUT2D eigenvalue weighted by atomic mass is 10.1. The highest BCUT2D eigenvalue weighted by molar-refractivity contribution is 6.31. The van der Waals surface area contributed by atoms with Gasteiger partial charge in [0, 0.05) is 15.6 Å². The molecule has 0 heterocycles. The van der Waals surface area contributed by atoms with Gasteiger partial charge >= 0.3 is 0 Å². The summed E-state index contributed by atoms with van der Waals surface area (Å²) in [4.78, 5) is 0. The molecule has 2 aromatic carbocycles. The fourth-order valence-corrected chi connectivity index (χ4v) is 2.19. The fraction of sp³-hybridized carbons (Fsp3) is 0.0588. The van der Waals surface area contributed by atoms with Crippen molar-refractivity contribution in [2.45, 2.75) is 6.61 Å². The Morgan fingerprint density at radius 1 is 1.05 bits per heavy atom. The molecule has 5 heteroatoms. The predicted octanol–water partition coefficient (Wildman–Crippen LogP) is 5.00. The SMILES string of the molecule is N#CC(C#N)=Cc1cc(Cl)ccc1OCc1cccc(Cl)c1. The van der Waals surface area contributed by atoms with Crippen LogP contribution in [0.15, 0.2) is 48.0 Å². The Morgan fingerprint density at radius 3 is 2.45 bits per heavy atom. The zero-order valence-corrected chi connectivity index (χ0v) is 12.9. The Labute approximate surface area is 138 Å². The van der Waals surface area contributed by atoms with E-state index in [-0.39, 0.29) is 5.57 Å². The van der Waals surface area contributed by atoms with Crippen molar-refractivity contribution in [3.8, 4) is 17.9 Å². The van der Waals surface area contributed by atoms with Crippen LogP contribution in [0, 0.1) is 22.7 Å². The molecule has 0 unspecified atom stereocenters. The van der Waals surface area contributed by atoms with E-state index in [2.05, 4.69) is 0 Å². The highest BCUT2D eigenvalue weighted by Crippen LogP contribution is 2.26. The summed E-state index contributed by atoms with van der Waals surface area (Å²) in [6, 6.07) is 16.0. The lowest BCUT2D eigenvalue weighted by molar-refractivity contribution is 0.305. The third-order valence-electron chi connectivity index (χ3n) is 2.80. The molecule has 0 aliphatic carbocycles. The van der Waals surface area contributed by atoms with Crippen molar-refractivity contribution < 1.29 is 4.74 Å². The van der Waals surface area contributed by atoms with E-state index in [1.807, 2.05) is 30.3 Å². The van der Waals surface area contributed by atoms with Crippen molar-refractivity contribution in [3.63, 3.8) is 0 Å². The van der Waals surface area contributed by atoms with Gasteiger partial charge in [0.05, 0.1) is 0 Å². The molecule has 0 fully saturated rings. The van der Waals surface area contributed by atoms with E-state index >= 15 is 0 Å². The van der Waals surface area contributed by atoms with E-state index in [1.165, 1.54) is 6.08 Å². The number of halogens is 2. The van der Waals surface area contributed by atoms with E-state index < -0.39 is 0 Å². The molecule has 0 amide bonds. The van der Waals surface area contributed by atoms with Crippen molar-refractivity contribution >= 4 is 29.3 Å².